The first-order valence-electron chi connectivity index (χ1n) is 7.20. The summed E-state index contributed by atoms with van der Waals surface area (Å²) in [6, 6.07) is 7.54. The molecule has 0 atom stereocenters. The van der Waals surface area contributed by atoms with Crippen molar-refractivity contribution in [2.24, 2.45) is 0 Å². The van der Waals surface area contributed by atoms with Crippen LogP contribution in [0.5, 0.6) is 5.75 Å². The van der Waals surface area contributed by atoms with E-state index in [1.165, 1.54) is 12.4 Å². The van der Waals surface area contributed by atoms with Gasteiger partial charge >= 0.3 is 0 Å². The number of carbonyl (C=O) groups excluding carboxylic acids is 1. The molecule has 0 saturated carbocycles. The Kier molecular flexibility index (Phi) is 5.71. The van der Waals surface area contributed by atoms with E-state index in [4.69, 9.17) is 4.74 Å². The number of amides is 1. The highest BCUT2D eigenvalue weighted by Crippen LogP contribution is 2.11. The summed E-state index contributed by atoms with van der Waals surface area (Å²) in [4.78, 5) is 20.3. The minimum absolute atomic E-state index is 0.196. The third-order valence-corrected chi connectivity index (χ3v) is 3.06. The van der Waals surface area contributed by atoms with Crippen molar-refractivity contribution in [2.75, 3.05) is 19.0 Å². The van der Waals surface area contributed by atoms with Crippen molar-refractivity contribution in [1.29, 1.82) is 0 Å². The second-order valence-corrected chi connectivity index (χ2v) is 4.75. The van der Waals surface area contributed by atoms with Crippen LogP contribution in [0, 0.1) is 0 Å². The molecule has 0 fully saturated rings. The van der Waals surface area contributed by atoms with Gasteiger partial charge in [-0.15, -0.1) is 0 Å². The summed E-state index contributed by atoms with van der Waals surface area (Å²) in [5, 5.41) is 5.90. The molecule has 116 valence electrons. The quantitative estimate of drug-likeness (QED) is 0.820. The molecule has 6 nitrogen and oxygen atoms in total. The fraction of sp³-hybridized carbons (Fsp3) is 0.312. The summed E-state index contributed by atoms with van der Waals surface area (Å²) in [7, 11) is 1.62. The first-order valence-corrected chi connectivity index (χ1v) is 7.20. The molecule has 0 aliphatic heterocycles. The zero-order valence-corrected chi connectivity index (χ0v) is 12.8. The Morgan fingerprint density at radius 2 is 1.86 bits per heavy atom. The second kappa shape index (κ2) is 7.97. The summed E-state index contributed by atoms with van der Waals surface area (Å²) < 4.78 is 5.09. The summed E-state index contributed by atoms with van der Waals surface area (Å²) in [6.07, 6.45) is 4.04. The van der Waals surface area contributed by atoms with Crippen molar-refractivity contribution in [3.63, 3.8) is 0 Å². The summed E-state index contributed by atoms with van der Waals surface area (Å²) in [6.45, 7) is 3.32. The molecule has 1 aromatic heterocycles. The largest absolute Gasteiger partial charge is 0.497 e. The van der Waals surface area contributed by atoms with Crippen LogP contribution in [0.4, 0.5) is 5.95 Å². The molecule has 2 aromatic rings. The van der Waals surface area contributed by atoms with Crippen LogP contribution in [-0.2, 0) is 6.54 Å². The van der Waals surface area contributed by atoms with E-state index in [9.17, 15) is 4.79 Å². The third kappa shape index (κ3) is 4.44. The Bertz CT molecular complexity index is 597. The summed E-state index contributed by atoms with van der Waals surface area (Å²) in [5.41, 5.74) is 1.44. The Morgan fingerprint density at radius 3 is 2.45 bits per heavy atom. The number of ether oxygens (including phenoxy) is 1. The number of hydrogen-bond donors (Lipinski definition) is 2. The van der Waals surface area contributed by atoms with E-state index < -0.39 is 0 Å². The molecule has 0 aliphatic rings. The minimum Gasteiger partial charge on any atom is -0.497 e. The number of methoxy groups -OCH3 is 1. The average Bonchev–Trinajstić information content (AvgIpc) is 2.58. The fourth-order valence-corrected chi connectivity index (χ4v) is 1.80. The molecule has 0 unspecified atom stereocenters. The molecule has 0 saturated heterocycles. The van der Waals surface area contributed by atoms with Crippen molar-refractivity contribution >= 4 is 11.9 Å². The molecule has 6 heteroatoms. The van der Waals surface area contributed by atoms with Crippen molar-refractivity contribution < 1.29 is 9.53 Å². The van der Waals surface area contributed by atoms with Crippen LogP contribution in [0.3, 0.4) is 0 Å². The van der Waals surface area contributed by atoms with E-state index in [0.717, 1.165) is 24.3 Å². The Morgan fingerprint density at radius 1 is 1.18 bits per heavy atom. The van der Waals surface area contributed by atoms with Crippen LogP contribution in [0.1, 0.15) is 29.3 Å². The van der Waals surface area contributed by atoms with Crippen LogP contribution in [-0.4, -0.2) is 29.5 Å². The van der Waals surface area contributed by atoms with Crippen molar-refractivity contribution in [3.05, 3.63) is 47.8 Å². The Hall–Kier alpha value is -2.63. The SMILES string of the molecule is CCCNc1ncc(C(=O)NCc2ccc(OC)cc2)cn1. The van der Waals surface area contributed by atoms with Crippen molar-refractivity contribution in [1.82, 2.24) is 15.3 Å². The van der Waals surface area contributed by atoms with Gasteiger partial charge in [-0.2, -0.15) is 0 Å². The lowest BCUT2D eigenvalue weighted by molar-refractivity contribution is 0.0950. The molecular formula is C16H20N4O2. The summed E-state index contributed by atoms with van der Waals surface area (Å²) in [5.74, 6) is 1.13. The Labute approximate surface area is 129 Å². The van der Waals surface area contributed by atoms with Gasteiger partial charge in [0.25, 0.3) is 5.91 Å². The van der Waals surface area contributed by atoms with Crippen molar-refractivity contribution in [2.45, 2.75) is 19.9 Å². The highest BCUT2D eigenvalue weighted by molar-refractivity contribution is 5.93. The topological polar surface area (TPSA) is 76.1 Å². The maximum absolute atomic E-state index is 12.0. The van der Waals surface area contributed by atoms with E-state index in [-0.39, 0.29) is 5.91 Å². The predicted octanol–water partition coefficient (Wildman–Crippen LogP) is 2.24. The molecule has 0 bridgehead atoms. The molecule has 2 N–H and O–H groups in total. The van der Waals surface area contributed by atoms with Gasteiger partial charge in [-0.1, -0.05) is 19.1 Å². The maximum atomic E-state index is 12.0. The van der Waals surface area contributed by atoms with Gasteiger partial charge in [0, 0.05) is 25.5 Å². The number of benzene rings is 1. The summed E-state index contributed by atoms with van der Waals surface area (Å²) >= 11 is 0. The van der Waals surface area contributed by atoms with Crippen LogP contribution in [0.15, 0.2) is 36.7 Å². The number of carbonyl (C=O) groups is 1. The van der Waals surface area contributed by atoms with Gasteiger partial charge in [-0.3, -0.25) is 4.79 Å². The Balaban J connectivity index is 1.88. The first kappa shape index (κ1) is 15.8. The number of anilines is 1. The number of nitrogens with one attached hydrogen (secondary N) is 2. The predicted molar refractivity (Wildman–Crippen MR) is 85.0 cm³/mol. The zero-order chi connectivity index (χ0) is 15.8. The van der Waals surface area contributed by atoms with Crippen LogP contribution >= 0.6 is 0 Å². The van der Waals surface area contributed by atoms with Gasteiger partial charge in [-0.05, 0) is 24.1 Å². The van der Waals surface area contributed by atoms with Crippen LogP contribution < -0.4 is 15.4 Å². The lowest BCUT2D eigenvalue weighted by Gasteiger charge is -2.07. The third-order valence-electron chi connectivity index (χ3n) is 3.06. The van der Waals surface area contributed by atoms with E-state index in [1.807, 2.05) is 24.3 Å². The second-order valence-electron chi connectivity index (χ2n) is 4.75. The maximum Gasteiger partial charge on any atom is 0.254 e. The lowest BCUT2D eigenvalue weighted by atomic mass is 10.2. The highest BCUT2D eigenvalue weighted by atomic mass is 16.5. The molecule has 1 amide bonds. The van der Waals surface area contributed by atoms with Crippen molar-refractivity contribution in [3.8, 4) is 5.75 Å². The molecule has 1 aromatic carbocycles. The minimum atomic E-state index is -0.196. The first-order chi connectivity index (χ1) is 10.7. The molecule has 0 aliphatic carbocycles. The van der Waals surface area contributed by atoms with Gasteiger partial charge < -0.3 is 15.4 Å². The van der Waals surface area contributed by atoms with Gasteiger partial charge in [0.05, 0.1) is 12.7 Å². The van der Waals surface area contributed by atoms with E-state index in [0.29, 0.717) is 18.1 Å². The normalized spacial score (nSPS) is 10.1. The van der Waals surface area contributed by atoms with Gasteiger partial charge in [-0.25, -0.2) is 9.97 Å². The average molecular weight is 300 g/mol. The van der Waals surface area contributed by atoms with Crippen LogP contribution in [0.25, 0.3) is 0 Å². The molecular weight excluding hydrogens is 280 g/mol. The molecule has 0 spiro atoms. The van der Waals surface area contributed by atoms with Gasteiger partial charge in [0.1, 0.15) is 5.75 Å². The van der Waals surface area contributed by atoms with E-state index >= 15 is 0 Å². The number of nitrogens with zero attached hydrogens (tertiary/aromatic N) is 2. The van der Waals surface area contributed by atoms with E-state index in [1.54, 1.807) is 7.11 Å². The lowest BCUT2D eigenvalue weighted by Crippen LogP contribution is -2.23. The molecule has 22 heavy (non-hydrogen) atoms. The fourth-order valence-electron chi connectivity index (χ4n) is 1.80. The smallest absolute Gasteiger partial charge is 0.254 e. The number of rotatable bonds is 7. The van der Waals surface area contributed by atoms with E-state index in [2.05, 4.69) is 27.5 Å². The standard InChI is InChI=1S/C16H20N4O2/c1-3-8-17-16-19-10-13(11-20-16)15(21)18-9-12-4-6-14(22-2)7-5-12/h4-7,10-11H,3,8-9H2,1-2H3,(H,18,21)(H,17,19,20). The molecule has 2 rings (SSSR count). The highest BCUT2D eigenvalue weighted by Gasteiger charge is 2.07. The zero-order valence-electron chi connectivity index (χ0n) is 12.8. The number of aromatic nitrogens is 2. The molecule has 0 radical (unpaired) electrons. The number of hydrogen-bond acceptors (Lipinski definition) is 5. The van der Waals surface area contributed by atoms with Gasteiger partial charge in [0.15, 0.2) is 0 Å². The van der Waals surface area contributed by atoms with Crippen LogP contribution in [0.2, 0.25) is 0 Å². The van der Waals surface area contributed by atoms with Gasteiger partial charge in [0.2, 0.25) is 5.95 Å². The monoisotopic (exact) mass is 300 g/mol. The molecule has 1 heterocycles.